The standard InChI is InChI=1S/C13H18N2O5/c1-19-7-3-4-10(12(16)17)15-9-5-6-14-11(8-9)13(18)20-2/h5-6,8,10H,3-4,7H2,1-2H3,(H,14,15)(H,16,17). The quantitative estimate of drug-likeness (QED) is 0.545. The number of hydrogen-bond donors (Lipinski definition) is 2. The summed E-state index contributed by atoms with van der Waals surface area (Å²) >= 11 is 0. The molecule has 1 aromatic heterocycles. The zero-order valence-electron chi connectivity index (χ0n) is 11.5. The highest BCUT2D eigenvalue weighted by Crippen LogP contribution is 2.12. The normalized spacial score (nSPS) is 11.7. The highest BCUT2D eigenvalue weighted by Gasteiger charge is 2.17. The molecule has 20 heavy (non-hydrogen) atoms. The Bertz CT molecular complexity index is 464. The smallest absolute Gasteiger partial charge is 0.356 e. The van der Waals surface area contributed by atoms with Crippen LogP contribution >= 0.6 is 0 Å². The Morgan fingerprint density at radius 3 is 2.80 bits per heavy atom. The Balaban J connectivity index is 2.73. The van der Waals surface area contributed by atoms with E-state index in [1.165, 1.54) is 19.4 Å². The van der Waals surface area contributed by atoms with Gasteiger partial charge in [-0.1, -0.05) is 0 Å². The van der Waals surface area contributed by atoms with Gasteiger partial charge in [-0.15, -0.1) is 0 Å². The molecule has 0 saturated heterocycles. The monoisotopic (exact) mass is 282 g/mol. The molecule has 0 fully saturated rings. The molecule has 0 aliphatic heterocycles. The van der Waals surface area contributed by atoms with E-state index in [9.17, 15) is 9.59 Å². The predicted octanol–water partition coefficient (Wildman–Crippen LogP) is 1.16. The van der Waals surface area contributed by atoms with Crippen molar-refractivity contribution in [3.8, 4) is 0 Å². The Kier molecular flexibility index (Phi) is 6.45. The molecule has 7 heteroatoms. The zero-order valence-corrected chi connectivity index (χ0v) is 11.5. The Morgan fingerprint density at radius 2 is 2.20 bits per heavy atom. The fraction of sp³-hybridized carbons (Fsp3) is 0.462. The van der Waals surface area contributed by atoms with Crippen molar-refractivity contribution in [2.75, 3.05) is 26.1 Å². The zero-order chi connectivity index (χ0) is 15.0. The number of aliphatic carboxylic acids is 1. The first-order valence-corrected chi connectivity index (χ1v) is 6.11. The lowest BCUT2D eigenvalue weighted by Gasteiger charge is -2.15. The number of aromatic nitrogens is 1. The molecule has 1 atom stereocenters. The third-order valence-electron chi connectivity index (χ3n) is 2.63. The van der Waals surface area contributed by atoms with E-state index in [1.54, 1.807) is 13.2 Å². The van der Waals surface area contributed by atoms with Gasteiger partial charge in [0.05, 0.1) is 7.11 Å². The average molecular weight is 282 g/mol. The maximum absolute atomic E-state index is 11.4. The van der Waals surface area contributed by atoms with Crippen molar-refractivity contribution < 1.29 is 24.2 Å². The lowest BCUT2D eigenvalue weighted by atomic mass is 10.1. The number of nitrogens with zero attached hydrogens (tertiary/aromatic N) is 1. The molecule has 0 aromatic carbocycles. The first-order valence-electron chi connectivity index (χ1n) is 6.11. The Labute approximate surface area is 116 Å². The van der Waals surface area contributed by atoms with Gasteiger partial charge in [-0.25, -0.2) is 14.6 Å². The molecule has 0 amide bonds. The lowest BCUT2D eigenvalue weighted by Crippen LogP contribution is -2.29. The number of hydrogen-bond acceptors (Lipinski definition) is 6. The minimum Gasteiger partial charge on any atom is -0.480 e. The summed E-state index contributed by atoms with van der Waals surface area (Å²) in [4.78, 5) is 26.4. The number of methoxy groups -OCH3 is 2. The van der Waals surface area contributed by atoms with Crippen LogP contribution in [0.2, 0.25) is 0 Å². The van der Waals surface area contributed by atoms with E-state index < -0.39 is 18.0 Å². The van der Waals surface area contributed by atoms with E-state index in [-0.39, 0.29) is 5.69 Å². The molecular weight excluding hydrogens is 264 g/mol. The van der Waals surface area contributed by atoms with Gasteiger partial charge in [-0.05, 0) is 25.0 Å². The summed E-state index contributed by atoms with van der Waals surface area (Å²) in [5, 5.41) is 12.0. The van der Waals surface area contributed by atoms with Crippen molar-refractivity contribution in [3.63, 3.8) is 0 Å². The fourth-order valence-corrected chi connectivity index (χ4v) is 1.63. The minimum absolute atomic E-state index is 0.124. The number of carboxylic acids is 1. The van der Waals surface area contributed by atoms with Crippen LogP contribution in [0.25, 0.3) is 0 Å². The van der Waals surface area contributed by atoms with Crippen LogP contribution < -0.4 is 5.32 Å². The van der Waals surface area contributed by atoms with E-state index in [0.29, 0.717) is 25.1 Å². The molecule has 2 N–H and O–H groups in total. The first-order chi connectivity index (χ1) is 9.58. The van der Waals surface area contributed by atoms with E-state index in [2.05, 4.69) is 15.0 Å². The molecule has 0 aliphatic carbocycles. The van der Waals surface area contributed by atoms with Gasteiger partial charge >= 0.3 is 11.9 Å². The Hall–Kier alpha value is -2.15. The summed E-state index contributed by atoms with van der Waals surface area (Å²) in [5.74, 6) is -1.53. The van der Waals surface area contributed by atoms with Crippen LogP contribution in [0.1, 0.15) is 23.3 Å². The third-order valence-corrected chi connectivity index (χ3v) is 2.63. The van der Waals surface area contributed by atoms with E-state index in [0.717, 1.165) is 0 Å². The Morgan fingerprint density at radius 1 is 1.45 bits per heavy atom. The molecule has 110 valence electrons. The van der Waals surface area contributed by atoms with Gasteiger partial charge < -0.3 is 19.9 Å². The first kappa shape index (κ1) is 15.9. The van der Waals surface area contributed by atoms with Crippen LogP contribution in [0.3, 0.4) is 0 Å². The van der Waals surface area contributed by atoms with Crippen LogP contribution in [0, 0.1) is 0 Å². The van der Waals surface area contributed by atoms with Crippen molar-refractivity contribution >= 4 is 17.6 Å². The lowest BCUT2D eigenvalue weighted by molar-refractivity contribution is -0.138. The van der Waals surface area contributed by atoms with Crippen LogP contribution in [-0.2, 0) is 14.3 Å². The van der Waals surface area contributed by atoms with Gasteiger partial charge in [0.25, 0.3) is 0 Å². The summed E-state index contributed by atoms with van der Waals surface area (Å²) in [7, 11) is 2.82. The van der Waals surface area contributed by atoms with Gasteiger partial charge in [0.1, 0.15) is 11.7 Å². The molecule has 7 nitrogen and oxygen atoms in total. The van der Waals surface area contributed by atoms with Gasteiger partial charge in [0.2, 0.25) is 0 Å². The number of carboxylic acid groups (broad SMARTS) is 1. The van der Waals surface area contributed by atoms with Crippen LogP contribution in [0.4, 0.5) is 5.69 Å². The molecule has 0 bridgehead atoms. The molecule has 1 aromatic rings. The molecule has 1 rings (SSSR count). The third kappa shape index (κ3) is 4.85. The van der Waals surface area contributed by atoms with Crippen LogP contribution in [-0.4, -0.2) is 48.9 Å². The number of carbonyl (C=O) groups excluding carboxylic acids is 1. The number of pyridine rings is 1. The predicted molar refractivity (Wildman–Crippen MR) is 71.7 cm³/mol. The summed E-state index contributed by atoms with van der Waals surface area (Å²) in [6.45, 7) is 0.495. The SMILES string of the molecule is COCCCC(Nc1ccnc(C(=O)OC)c1)C(=O)O. The average Bonchev–Trinajstić information content (AvgIpc) is 2.45. The molecule has 0 saturated carbocycles. The maximum Gasteiger partial charge on any atom is 0.356 e. The van der Waals surface area contributed by atoms with E-state index in [4.69, 9.17) is 9.84 Å². The van der Waals surface area contributed by atoms with Crippen molar-refractivity contribution in [1.82, 2.24) is 4.98 Å². The van der Waals surface area contributed by atoms with Crippen molar-refractivity contribution in [2.45, 2.75) is 18.9 Å². The molecular formula is C13H18N2O5. The summed E-state index contributed by atoms with van der Waals surface area (Å²) in [6.07, 6.45) is 2.46. The number of carbonyl (C=O) groups is 2. The molecule has 0 spiro atoms. The van der Waals surface area contributed by atoms with Gasteiger partial charge in [0.15, 0.2) is 0 Å². The van der Waals surface area contributed by atoms with Gasteiger partial charge in [-0.2, -0.15) is 0 Å². The van der Waals surface area contributed by atoms with Gasteiger partial charge in [-0.3, -0.25) is 0 Å². The van der Waals surface area contributed by atoms with E-state index in [1.807, 2.05) is 0 Å². The van der Waals surface area contributed by atoms with Gasteiger partial charge in [0, 0.05) is 25.6 Å². The van der Waals surface area contributed by atoms with Crippen molar-refractivity contribution in [2.24, 2.45) is 0 Å². The fourth-order valence-electron chi connectivity index (χ4n) is 1.63. The van der Waals surface area contributed by atoms with Crippen LogP contribution in [0.15, 0.2) is 18.3 Å². The summed E-state index contributed by atoms with van der Waals surface area (Å²) in [5.41, 5.74) is 0.628. The van der Waals surface area contributed by atoms with Crippen molar-refractivity contribution in [1.29, 1.82) is 0 Å². The summed E-state index contributed by atoms with van der Waals surface area (Å²) in [6, 6.07) is 2.30. The number of rotatable bonds is 8. The number of anilines is 1. The maximum atomic E-state index is 11.4. The number of esters is 1. The van der Waals surface area contributed by atoms with Crippen LogP contribution in [0.5, 0.6) is 0 Å². The second-order valence-electron chi connectivity index (χ2n) is 4.09. The molecule has 0 radical (unpaired) electrons. The number of ether oxygens (including phenoxy) is 2. The highest BCUT2D eigenvalue weighted by molar-refractivity contribution is 5.88. The number of nitrogens with one attached hydrogen (secondary N) is 1. The minimum atomic E-state index is -0.961. The molecule has 0 aliphatic rings. The highest BCUT2D eigenvalue weighted by atomic mass is 16.5. The molecule has 1 unspecified atom stereocenters. The molecule has 1 heterocycles. The largest absolute Gasteiger partial charge is 0.480 e. The van der Waals surface area contributed by atoms with Crippen molar-refractivity contribution in [3.05, 3.63) is 24.0 Å². The topological polar surface area (TPSA) is 97.8 Å². The second-order valence-corrected chi connectivity index (χ2v) is 4.09. The second kappa shape index (κ2) is 8.11. The van der Waals surface area contributed by atoms with E-state index >= 15 is 0 Å². The summed E-state index contributed by atoms with van der Waals surface area (Å²) < 4.78 is 9.46.